The monoisotopic (exact) mass is 444 g/mol. The van der Waals surface area contributed by atoms with E-state index in [9.17, 15) is 14.0 Å². The van der Waals surface area contributed by atoms with Gasteiger partial charge in [0.25, 0.3) is 5.91 Å². The molecule has 2 N–H and O–H groups in total. The number of carbonyl (C=O) groups is 2. The highest BCUT2D eigenvalue weighted by molar-refractivity contribution is 6.30. The molecule has 164 valence electrons. The molecule has 0 atom stereocenters. The third kappa shape index (κ3) is 4.24. The van der Waals surface area contributed by atoms with Crippen molar-refractivity contribution in [2.45, 2.75) is 51.0 Å². The first-order chi connectivity index (χ1) is 14.8. The number of rotatable bonds is 4. The van der Waals surface area contributed by atoms with E-state index in [4.69, 9.17) is 16.6 Å². The van der Waals surface area contributed by atoms with Crippen molar-refractivity contribution >= 4 is 34.8 Å². The van der Waals surface area contributed by atoms with Gasteiger partial charge in [-0.3, -0.25) is 9.59 Å². The van der Waals surface area contributed by atoms with Crippen molar-refractivity contribution in [3.63, 3.8) is 0 Å². The Morgan fingerprint density at radius 3 is 2.71 bits per heavy atom. The summed E-state index contributed by atoms with van der Waals surface area (Å²) in [5.74, 6) is -0.709. The second-order valence-corrected chi connectivity index (χ2v) is 9.04. The van der Waals surface area contributed by atoms with Gasteiger partial charge in [-0.1, -0.05) is 24.4 Å². The molecule has 0 spiro atoms. The average molecular weight is 445 g/mol. The molecule has 1 saturated heterocycles. The number of halogens is 2. The SMILES string of the molecule is CC1(C)C(=O)NCCN1C(=O)c1ccc(Nc2ccc(Cl)c(F)c2)c(C2CCCC2)n1. The van der Waals surface area contributed by atoms with Gasteiger partial charge < -0.3 is 15.5 Å². The first kappa shape index (κ1) is 21.6. The molecule has 4 rings (SSSR count). The highest BCUT2D eigenvalue weighted by Gasteiger charge is 2.41. The number of carbonyl (C=O) groups excluding carboxylic acids is 2. The second kappa shape index (κ2) is 8.46. The van der Waals surface area contributed by atoms with Gasteiger partial charge in [0.1, 0.15) is 17.1 Å². The van der Waals surface area contributed by atoms with E-state index in [-0.39, 0.29) is 22.8 Å². The number of anilines is 2. The molecule has 2 amide bonds. The van der Waals surface area contributed by atoms with Gasteiger partial charge in [-0.2, -0.15) is 0 Å². The van der Waals surface area contributed by atoms with E-state index in [0.29, 0.717) is 24.5 Å². The van der Waals surface area contributed by atoms with E-state index >= 15 is 0 Å². The number of amides is 2. The summed E-state index contributed by atoms with van der Waals surface area (Å²) < 4.78 is 13.9. The molecule has 0 unspecified atom stereocenters. The van der Waals surface area contributed by atoms with Gasteiger partial charge in [0.05, 0.1) is 16.4 Å². The molecule has 31 heavy (non-hydrogen) atoms. The Morgan fingerprint density at radius 2 is 2.00 bits per heavy atom. The Bertz CT molecular complexity index is 1020. The van der Waals surface area contributed by atoms with Gasteiger partial charge in [-0.25, -0.2) is 9.37 Å². The molecule has 2 heterocycles. The lowest BCUT2D eigenvalue weighted by molar-refractivity contribution is -0.133. The number of pyridine rings is 1. The molecule has 1 aliphatic heterocycles. The fraction of sp³-hybridized carbons (Fsp3) is 0.435. The first-order valence-corrected chi connectivity index (χ1v) is 11.0. The summed E-state index contributed by atoms with van der Waals surface area (Å²) in [6.07, 6.45) is 4.20. The lowest BCUT2D eigenvalue weighted by Gasteiger charge is -2.41. The van der Waals surface area contributed by atoms with Crippen molar-refractivity contribution in [2.24, 2.45) is 0 Å². The lowest BCUT2D eigenvalue weighted by atomic mass is 9.97. The number of hydrogen-bond donors (Lipinski definition) is 2. The van der Waals surface area contributed by atoms with Gasteiger partial charge in [-0.15, -0.1) is 0 Å². The van der Waals surface area contributed by atoms with E-state index in [0.717, 1.165) is 37.1 Å². The minimum atomic E-state index is -0.942. The zero-order valence-electron chi connectivity index (χ0n) is 17.7. The molecule has 6 nitrogen and oxygen atoms in total. The molecule has 1 aromatic carbocycles. The summed E-state index contributed by atoms with van der Waals surface area (Å²) in [5.41, 5.74) is 1.50. The van der Waals surface area contributed by atoms with Crippen LogP contribution in [0.25, 0.3) is 0 Å². The molecular weight excluding hydrogens is 419 g/mol. The van der Waals surface area contributed by atoms with Crippen LogP contribution in [0, 0.1) is 5.82 Å². The van der Waals surface area contributed by atoms with E-state index in [1.165, 1.54) is 12.1 Å². The van der Waals surface area contributed by atoms with Crippen LogP contribution in [0.5, 0.6) is 0 Å². The molecule has 1 aromatic heterocycles. The van der Waals surface area contributed by atoms with Crippen LogP contribution in [0.1, 0.15) is 61.6 Å². The summed E-state index contributed by atoms with van der Waals surface area (Å²) in [6.45, 7) is 4.33. The van der Waals surface area contributed by atoms with Crippen LogP contribution in [0.2, 0.25) is 5.02 Å². The molecule has 2 aliphatic rings. The highest BCUT2D eigenvalue weighted by Crippen LogP contribution is 2.38. The molecule has 0 radical (unpaired) electrons. The minimum Gasteiger partial charge on any atom is -0.354 e. The van der Waals surface area contributed by atoms with Gasteiger partial charge in [0, 0.05) is 24.7 Å². The molecule has 1 saturated carbocycles. The summed E-state index contributed by atoms with van der Waals surface area (Å²) >= 11 is 5.80. The molecule has 8 heteroatoms. The smallest absolute Gasteiger partial charge is 0.273 e. The Balaban J connectivity index is 1.67. The maximum Gasteiger partial charge on any atom is 0.273 e. The maximum absolute atomic E-state index is 13.9. The third-order valence-corrected chi connectivity index (χ3v) is 6.49. The van der Waals surface area contributed by atoms with Crippen LogP contribution in [-0.2, 0) is 4.79 Å². The van der Waals surface area contributed by atoms with E-state index in [1.54, 1.807) is 30.9 Å². The third-order valence-electron chi connectivity index (χ3n) is 6.18. The predicted octanol–water partition coefficient (Wildman–Crippen LogP) is 4.63. The first-order valence-electron chi connectivity index (χ1n) is 10.6. The minimum absolute atomic E-state index is 0.0637. The summed E-state index contributed by atoms with van der Waals surface area (Å²) in [6, 6.07) is 8.03. The van der Waals surface area contributed by atoms with Crippen LogP contribution in [-0.4, -0.2) is 40.3 Å². The Kier molecular flexibility index (Phi) is 5.88. The standard InChI is InChI=1S/C23H26ClFN4O2/c1-23(2)22(31)26-11-12-29(23)21(30)19-10-9-18(20(28-19)14-5-3-4-6-14)27-15-7-8-16(24)17(25)13-15/h7-10,13-14,27H,3-6,11-12H2,1-2H3,(H,26,31). The van der Waals surface area contributed by atoms with Crippen LogP contribution in [0.4, 0.5) is 15.8 Å². The van der Waals surface area contributed by atoms with E-state index < -0.39 is 11.4 Å². The van der Waals surface area contributed by atoms with Crippen LogP contribution >= 0.6 is 11.6 Å². The zero-order valence-corrected chi connectivity index (χ0v) is 18.4. The highest BCUT2D eigenvalue weighted by atomic mass is 35.5. The maximum atomic E-state index is 13.9. The Hall–Kier alpha value is -2.67. The van der Waals surface area contributed by atoms with Crippen LogP contribution in [0.3, 0.4) is 0 Å². The van der Waals surface area contributed by atoms with Crippen molar-refractivity contribution in [1.82, 2.24) is 15.2 Å². The van der Waals surface area contributed by atoms with Crippen molar-refractivity contribution < 1.29 is 14.0 Å². The van der Waals surface area contributed by atoms with Gasteiger partial charge in [0.15, 0.2) is 0 Å². The summed E-state index contributed by atoms with van der Waals surface area (Å²) in [7, 11) is 0. The Morgan fingerprint density at radius 1 is 1.26 bits per heavy atom. The lowest BCUT2D eigenvalue weighted by Crippen LogP contribution is -2.63. The number of aromatic nitrogens is 1. The normalized spacial score (nSPS) is 18.7. The van der Waals surface area contributed by atoms with Crippen molar-refractivity contribution in [3.8, 4) is 0 Å². The molecule has 0 bridgehead atoms. The molecule has 1 aliphatic carbocycles. The fourth-order valence-corrected chi connectivity index (χ4v) is 4.45. The molecule has 2 aromatic rings. The largest absolute Gasteiger partial charge is 0.354 e. The van der Waals surface area contributed by atoms with E-state index in [2.05, 4.69) is 10.6 Å². The molecule has 2 fully saturated rings. The predicted molar refractivity (Wildman–Crippen MR) is 118 cm³/mol. The number of nitrogens with one attached hydrogen (secondary N) is 2. The topological polar surface area (TPSA) is 74.3 Å². The quantitative estimate of drug-likeness (QED) is 0.721. The van der Waals surface area contributed by atoms with Gasteiger partial charge in [-0.05, 0) is 57.0 Å². The van der Waals surface area contributed by atoms with Crippen molar-refractivity contribution in [2.75, 3.05) is 18.4 Å². The fourth-order valence-electron chi connectivity index (χ4n) is 4.33. The Labute approximate surface area is 186 Å². The second-order valence-electron chi connectivity index (χ2n) is 8.64. The summed E-state index contributed by atoms with van der Waals surface area (Å²) in [5, 5.41) is 6.11. The van der Waals surface area contributed by atoms with Crippen LogP contribution < -0.4 is 10.6 Å². The number of nitrogens with zero attached hydrogens (tertiary/aromatic N) is 2. The van der Waals surface area contributed by atoms with Crippen molar-refractivity contribution in [3.05, 3.63) is 52.6 Å². The van der Waals surface area contributed by atoms with Crippen LogP contribution in [0.15, 0.2) is 30.3 Å². The number of piperazine rings is 1. The van der Waals surface area contributed by atoms with Gasteiger partial charge >= 0.3 is 0 Å². The van der Waals surface area contributed by atoms with E-state index in [1.807, 2.05) is 6.07 Å². The average Bonchev–Trinajstić information content (AvgIpc) is 3.27. The number of benzene rings is 1. The summed E-state index contributed by atoms with van der Waals surface area (Å²) in [4.78, 5) is 31.9. The number of hydrogen-bond acceptors (Lipinski definition) is 4. The molecular formula is C23H26ClFN4O2. The van der Waals surface area contributed by atoms with Gasteiger partial charge in [0.2, 0.25) is 5.91 Å². The zero-order chi connectivity index (χ0) is 22.2. The van der Waals surface area contributed by atoms with Crippen molar-refractivity contribution in [1.29, 1.82) is 0 Å².